The Morgan fingerprint density at radius 1 is 1.35 bits per heavy atom. The summed E-state index contributed by atoms with van der Waals surface area (Å²) in [7, 11) is 1.80. The highest BCUT2D eigenvalue weighted by Crippen LogP contribution is 2.22. The molecule has 1 amide bonds. The Balaban J connectivity index is 2.08. The minimum Gasteiger partial charge on any atom is -0.398 e. The number of hydrogen-bond acceptors (Lipinski definition) is 4. The molecule has 0 atom stereocenters. The van der Waals surface area contributed by atoms with Gasteiger partial charge in [-0.2, -0.15) is 0 Å². The van der Waals surface area contributed by atoms with Gasteiger partial charge in [-0.3, -0.25) is 4.79 Å². The van der Waals surface area contributed by atoms with Crippen molar-refractivity contribution in [1.29, 1.82) is 0 Å². The van der Waals surface area contributed by atoms with E-state index in [1.54, 1.807) is 30.2 Å². The summed E-state index contributed by atoms with van der Waals surface area (Å²) < 4.78 is 0. The zero-order valence-corrected chi connectivity index (χ0v) is 12.5. The topological polar surface area (TPSA) is 58.4 Å². The number of nitrogen functional groups attached to an aromatic ring is 1. The number of benzene rings is 1. The molecule has 1 aromatic heterocycles. The number of carbonyl (C=O) groups is 1. The number of rotatable bonds is 5. The van der Waals surface area contributed by atoms with E-state index in [0.29, 0.717) is 13.1 Å². The Labute approximate surface area is 123 Å². The van der Waals surface area contributed by atoms with E-state index in [1.807, 2.05) is 35.7 Å². The number of nitrogens with one attached hydrogen (secondary N) is 1. The smallest absolute Gasteiger partial charge is 0.219 e. The first-order valence-corrected chi connectivity index (χ1v) is 7.31. The molecule has 20 heavy (non-hydrogen) atoms. The van der Waals surface area contributed by atoms with Crippen molar-refractivity contribution in [3.63, 3.8) is 0 Å². The molecule has 3 N–H and O–H groups in total. The maximum absolute atomic E-state index is 11.3. The van der Waals surface area contributed by atoms with Gasteiger partial charge in [0, 0.05) is 36.8 Å². The van der Waals surface area contributed by atoms with Crippen LogP contribution in [0.25, 0.3) is 0 Å². The molecule has 4 nitrogen and oxygen atoms in total. The second-order valence-electron chi connectivity index (χ2n) is 4.68. The van der Waals surface area contributed by atoms with Gasteiger partial charge in [0.25, 0.3) is 0 Å². The fourth-order valence-electron chi connectivity index (χ4n) is 1.87. The zero-order valence-electron chi connectivity index (χ0n) is 11.7. The lowest BCUT2D eigenvalue weighted by atomic mass is 10.1. The predicted molar refractivity (Wildman–Crippen MR) is 84.6 cm³/mol. The van der Waals surface area contributed by atoms with Crippen molar-refractivity contribution in [2.75, 3.05) is 18.1 Å². The van der Waals surface area contributed by atoms with Crippen LogP contribution in [0.2, 0.25) is 0 Å². The highest BCUT2D eigenvalue weighted by atomic mass is 32.1. The molecule has 1 aromatic carbocycles. The van der Waals surface area contributed by atoms with Crippen LogP contribution in [0.1, 0.15) is 17.4 Å². The van der Waals surface area contributed by atoms with E-state index in [9.17, 15) is 4.79 Å². The molecule has 5 heteroatoms. The normalized spacial score (nSPS) is 10.3. The van der Waals surface area contributed by atoms with Gasteiger partial charge in [0.15, 0.2) is 0 Å². The Morgan fingerprint density at radius 3 is 2.75 bits per heavy atom. The van der Waals surface area contributed by atoms with Gasteiger partial charge in [-0.05, 0) is 23.1 Å². The molecule has 0 saturated carbocycles. The first-order valence-electron chi connectivity index (χ1n) is 6.43. The Morgan fingerprint density at radius 2 is 2.10 bits per heavy atom. The van der Waals surface area contributed by atoms with E-state index in [0.717, 1.165) is 21.8 Å². The van der Waals surface area contributed by atoms with Crippen LogP contribution in [0.5, 0.6) is 0 Å². The number of nitrogens with two attached hydrogens (primary N) is 1. The molecule has 0 aliphatic carbocycles. The van der Waals surface area contributed by atoms with Crippen LogP contribution in [0, 0.1) is 0 Å². The first-order chi connectivity index (χ1) is 9.58. The van der Waals surface area contributed by atoms with Gasteiger partial charge in [0.1, 0.15) is 0 Å². The van der Waals surface area contributed by atoms with Gasteiger partial charge in [-0.25, -0.2) is 0 Å². The maximum atomic E-state index is 11.3. The van der Waals surface area contributed by atoms with E-state index in [-0.39, 0.29) is 5.91 Å². The molecule has 0 aliphatic rings. The van der Waals surface area contributed by atoms with Crippen molar-refractivity contribution in [3.8, 4) is 0 Å². The van der Waals surface area contributed by atoms with E-state index in [2.05, 4.69) is 5.32 Å². The van der Waals surface area contributed by atoms with Crippen LogP contribution < -0.4 is 11.1 Å². The van der Waals surface area contributed by atoms with Crippen LogP contribution in [0.4, 0.5) is 11.4 Å². The third kappa shape index (κ3) is 3.51. The average Bonchev–Trinajstić information content (AvgIpc) is 2.83. The number of para-hydroxylation sites is 1. The zero-order chi connectivity index (χ0) is 14.5. The molecule has 106 valence electrons. The van der Waals surface area contributed by atoms with E-state index in [4.69, 9.17) is 5.73 Å². The number of thiophene rings is 1. The summed E-state index contributed by atoms with van der Waals surface area (Å²) in [5.41, 5.74) is 8.83. The molecule has 0 bridgehead atoms. The molecule has 0 spiro atoms. The molecule has 0 aliphatic heterocycles. The van der Waals surface area contributed by atoms with Crippen LogP contribution in [0.3, 0.4) is 0 Å². The molecule has 0 radical (unpaired) electrons. The summed E-state index contributed by atoms with van der Waals surface area (Å²) in [6.07, 6.45) is 0. The van der Waals surface area contributed by atoms with Crippen molar-refractivity contribution in [2.24, 2.45) is 0 Å². The largest absolute Gasteiger partial charge is 0.398 e. The first kappa shape index (κ1) is 14.4. The van der Waals surface area contributed by atoms with Crippen molar-refractivity contribution in [2.45, 2.75) is 20.0 Å². The quantitative estimate of drug-likeness (QED) is 0.889. The van der Waals surface area contributed by atoms with Crippen molar-refractivity contribution >= 4 is 28.6 Å². The minimum atomic E-state index is 0.0577. The van der Waals surface area contributed by atoms with E-state index in [1.165, 1.54) is 0 Å². The number of nitrogens with zero attached hydrogens (tertiary/aromatic N) is 1. The number of hydrogen-bond donors (Lipinski definition) is 2. The molecule has 0 unspecified atom stereocenters. The third-order valence-corrected chi connectivity index (χ3v) is 4.12. The molecular weight excluding hydrogens is 270 g/mol. The van der Waals surface area contributed by atoms with Gasteiger partial charge in [0.05, 0.1) is 6.54 Å². The van der Waals surface area contributed by atoms with Crippen LogP contribution in [-0.2, 0) is 17.9 Å². The second-order valence-corrected chi connectivity index (χ2v) is 5.69. The lowest BCUT2D eigenvalue weighted by Gasteiger charge is -2.18. The molecule has 0 saturated heterocycles. The monoisotopic (exact) mass is 289 g/mol. The molecule has 2 aromatic rings. The van der Waals surface area contributed by atoms with Crippen LogP contribution in [0.15, 0.2) is 35.7 Å². The molecule has 0 fully saturated rings. The lowest BCUT2D eigenvalue weighted by Crippen LogP contribution is -2.23. The summed E-state index contributed by atoms with van der Waals surface area (Å²) in [5, 5.41) is 5.38. The Hall–Kier alpha value is -2.01. The molecular formula is C15H19N3OS. The third-order valence-electron chi connectivity index (χ3n) is 3.18. The summed E-state index contributed by atoms with van der Waals surface area (Å²) in [5.74, 6) is 0.0577. The van der Waals surface area contributed by atoms with Gasteiger partial charge < -0.3 is 16.0 Å². The van der Waals surface area contributed by atoms with Gasteiger partial charge in [0.2, 0.25) is 5.91 Å². The summed E-state index contributed by atoms with van der Waals surface area (Å²) in [4.78, 5) is 14.2. The van der Waals surface area contributed by atoms with Crippen LogP contribution >= 0.6 is 11.3 Å². The minimum absolute atomic E-state index is 0.0577. The molecule has 1 heterocycles. The fourth-order valence-corrected chi connectivity index (χ4v) is 2.61. The van der Waals surface area contributed by atoms with E-state index >= 15 is 0 Å². The summed E-state index contributed by atoms with van der Waals surface area (Å²) in [6, 6.07) is 9.93. The fraction of sp³-hybridized carbons (Fsp3) is 0.267. The lowest BCUT2D eigenvalue weighted by molar-refractivity contribution is -0.128. The molecule has 2 rings (SSSR count). The summed E-state index contributed by atoms with van der Waals surface area (Å²) in [6.45, 7) is 2.87. The van der Waals surface area contributed by atoms with Crippen molar-refractivity contribution in [3.05, 3.63) is 46.2 Å². The maximum Gasteiger partial charge on any atom is 0.219 e. The average molecular weight is 289 g/mol. The number of carbonyl (C=O) groups excluding carboxylic acids is 1. The number of anilines is 2. The second kappa shape index (κ2) is 6.43. The Bertz CT molecular complexity index is 594. The van der Waals surface area contributed by atoms with Gasteiger partial charge in [-0.1, -0.05) is 18.2 Å². The standard InChI is InChI=1S/C15H19N3OS/c1-11(19)18(2)10-12-5-3-4-6-14(12)17-9-15-13(16)7-8-20-15/h3-8,17H,9-10,16H2,1-2H3. The number of amides is 1. The highest BCUT2D eigenvalue weighted by Gasteiger charge is 2.08. The van der Waals surface area contributed by atoms with Crippen molar-refractivity contribution in [1.82, 2.24) is 4.90 Å². The Kier molecular flexibility index (Phi) is 4.63. The van der Waals surface area contributed by atoms with E-state index < -0.39 is 0 Å². The van der Waals surface area contributed by atoms with Crippen LogP contribution in [-0.4, -0.2) is 17.9 Å². The SMILES string of the molecule is CC(=O)N(C)Cc1ccccc1NCc1sccc1N. The van der Waals surface area contributed by atoms with Gasteiger partial charge in [-0.15, -0.1) is 11.3 Å². The highest BCUT2D eigenvalue weighted by molar-refractivity contribution is 7.10. The van der Waals surface area contributed by atoms with Crippen molar-refractivity contribution < 1.29 is 4.79 Å². The van der Waals surface area contributed by atoms with Gasteiger partial charge >= 0.3 is 0 Å². The summed E-state index contributed by atoms with van der Waals surface area (Å²) >= 11 is 1.64. The predicted octanol–water partition coefficient (Wildman–Crippen LogP) is 2.92.